The van der Waals surface area contributed by atoms with Crippen molar-refractivity contribution in [2.75, 3.05) is 11.9 Å². The Morgan fingerprint density at radius 2 is 1.83 bits per heavy atom. The van der Waals surface area contributed by atoms with Crippen molar-refractivity contribution in [1.82, 2.24) is 0 Å². The number of anilines is 1. The minimum atomic E-state index is -0.863. The van der Waals surface area contributed by atoms with Crippen LogP contribution in [0.15, 0.2) is 36.4 Å². The molecule has 2 N–H and O–H groups in total. The average molecular weight is 327 g/mol. The third kappa shape index (κ3) is 2.30. The molecule has 0 spiro atoms. The van der Waals surface area contributed by atoms with Gasteiger partial charge in [0.15, 0.2) is 0 Å². The third-order valence-corrected chi connectivity index (χ3v) is 5.68. The van der Waals surface area contributed by atoms with Gasteiger partial charge in [-0.2, -0.15) is 0 Å². The second-order valence-corrected chi connectivity index (χ2v) is 6.91. The Balaban J connectivity index is 1.60. The Labute approximate surface area is 140 Å². The van der Waals surface area contributed by atoms with Crippen LogP contribution in [0, 0.1) is 35.5 Å². The predicted molar refractivity (Wildman–Crippen MR) is 88.6 cm³/mol. The minimum Gasteiger partial charge on any atom is -0.492 e. The fourth-order valence-corrected chi connectivity index (χ4v) is 4.64. The topological polar surface area (TPSA) is 75.6 Å². The van der Waals surface area contributed by atoms with Crippen molar-refractivity contribution < 1.29 is 19.4 Å². The highest BCUT2D eigenvalue weighted by Gasteiger charge is 2.63. The molecule has 0 unspecified atom stereocenters. The molecule has 6 atom stereocenters. The molecule has 1 amide bonds. The van der Waals surface area contributed by atoms with Gasteiger partial charge in [0.2, 0.25) is 5.91 Å². The Morgan fingerprint density at radius 1 is 1.17 bits per heavy atom. The van der Waals surface area contributed by atoms with Gasteiger partial charge in [-0.3, -0.25) is 9.59 Å². The number of rotatable bonds is 5. The van der Waals surface area contributed by atoms with Crippen LogP contribution in [0.4, 0.5) is 5.69 Å². The van der Waals surface area contributed by atoms with Crippen molar-refractivity contribution in [2.24, 2.45) is 35.5 Å². The van der Waals surface area contributed by atoms with Crippen LogP contribution in [0.2, 0.25) is 0 Å². The van der Waals surface area contributed by atoms with Crippen LogP contribution >= 0.6 is 0 Å². The maximum absolute atomic E-state index is 12.9. The van der Waals surface area contributed by atoms with Gasteiger partial charge >= 0.3 is 5.97 Å². The van der Waals surface area contributed by atoms with Gasteiger partial charge in [-0.05, 0) is 49.1 Å². The molecule has 24 heavy (non-hydrogen) atoms. The van der Waals surface area contributed by atoms with E-state index >= 15 is 0 Å². The SMILES string of the molecule is CCOc1ccccc1NC(=O)[C@@H]1[C@H]2C=C[C@H]([C@H]3C[C@H]23)[C@@H]1C(=O)O. The number of para-hydroxylation sites is 2. The molecule has 4 aliphatic carbocycles. The van der Waals surface area contributed by atoms with Crippen LogP contribution < -0.4 is 10.1 Å². The first-order valence-corrected chi connectivity index (χ1v) is 8.55. The number of carbonyl (C=O) groups excluding carboxylic acids is 1. The summed E-state index contributed by atoms with van der Waals surface area (Å²) in [6.07, 6.45) is 5.14. The summed E-state index contributed by atoms with van der Waals surface area (Å²) in [5.41, 5.74) is 0.603. The van der Waals surface area contributed by atoms with Crippen molar-refractivity contribution in [3.63, 3.8) is 0 Å². The van der Waals surface area contributed by atoms with Crippen LogP contribution in [-0.4, -0.2) is 23.6 Å². The Kier molecular flexibility index (Phi) is 3.59. The van der Waals surface area contributed by atoms with Crippen LogP contribution in [0.1, 0.15) is 13.3 Å². The van der Waals surface area contributed by atoms with Gasteiger partial charge in [0.05, 0.1) is 24.1 Å². The van der Waals surface area contributed by atoms with E-state index in [0.29, 0.717) is 29.9 Å². The van der Waals surface area contributed by atoms with Gasteiger partial charge in [0.1, 0.15) is 5.75 Å². The molecule has 5 nitrogen and oxygen atoms in total. The van der Waals surface area contributed by atoms with Gasteiger partial charge in [0, 0.05) is 0 Å². The number of nitrogens with one attached hydrogen (secondary N) is 1. The minimum absolute atomic E-state index is 0.00427. The smallest absolute Gasteiger partial charge is 0.307 e. The molecule has 126 valence electrons. The van der Waals surface area contributed by atoms with Crippen molar-refractivity contribution >= 4 is 17.6 Å². The maximum Gasteiger partial charge on any atom is 0.307 e. The summed E-state index contributed by atoms with van der Waals surface area (Å²) in [5, 5.41) is 12.6. The van der Waals surface area contributed by atoms with Crippen LogP contribution in [0.3, 0.4) is 0 Å². The monoisotopic (exact) mass is 327 g/mol. The lowest BCUT2D eigenvalue weighted by atomic mass is 9.62. The standard InChI is InChI=1S/C19H21NO4/c1-2-24-15-6-4-3-5-14(15)20-18(21)16-10-7-8-11(13-9-12(10)13)17(16)19(22)23/h3-8,10-13,16-17H,2,9H2,1H3,(H,20,21)(H,22,23)/t10-,11+,12+,13+,16+,17-/m0/s1. The van der Waals surface area contributed by atoms with E-state index in [1.165, 1.54) is 0 Å². The molecular formula is C19H21NO4. The molecule has 0 aliphatic heterocycles. The highest BCUT2D eigenvalue weighted by molar-refractivity contribution is 5.97. The normalized spacial score (nSPS) is 35.2. The molecule has 1 aromatic rings. The highest BCUT2D eigenvalue weighted by atomic mass is 16.5. The average Bonchev–Trinajstić information content (AvgIpc) is 3.38. The summed E-state index contributed by atoms with van der Waals surface area (Å²) in [6, 6.07) is 7.27. The van der Waals surface area contributed by atoms with Crippen LogP contribution in [0.5, 0.6) is 5.75 Å². The van der Waals surface area contributed by atoms with Crippen molar-refractivity contribution in [2.45, 2.75) is 13.3 Å². The Bertz CT molecular complexity index is 713. The van der Waals surface area contributed by atoms with Crippen molar-refractivity contribution in [3.8, 4) is 5.75 Å². The third-order valence-electron chi connectivity index (χ3n) is 5.68. The van der Waals surface area contributed by atoms with E-state index in [-0.39, 0.29) is 17.7 Å². The van der Waals surface area contributed by atoms with Gasteiger partial charge in [-0.15, -0.1) is 0 Å². The van der Waals surface area contributed by atoms with Gasteiger partial charge < -0.3 is 15.2 Å². The summed E-state index contributed by atoms with van der Waals surface area (Å²) < 4.78 is 5.55. The number of carboxylic acids is 1. The lowest BCUT2D eigenvalue weighted by molar-refractivity contribution is -0.152. The molecule has 2 bridgehead atoms. The summed E-state index contributed by atoms with van der Waals surface area (Å²) in [4.78, 5) is 24.7. The number of allylic oxidation sites excluding steroid dienone is 2. The van der Waals surface area contributed by atoms with Gasteiger partial charge in [0.25, 0.3) is 0 Å². The molecule has 2 fully saturated rings. The van der Waals surface area contributed by atoms with E-state index < -0.39 is 17.8 Å². The first-order chi connectivity index (χ1) is 11.6. The number of fused-ring (bicyclic) bond motifs is 1. The lowest BCUT2D eigenvalue weighted by Gasteiger charge is -2.41. The molecule has 5 heteroatoms. The van der Waals surface area contributed by atoms with Crippen molar-refractivity contribution in [3.05, 3.63) is 36.4 Å². The van der Waals surface area contributed by atoms with E-state index in [0.717, 1.165) is 6.42 Å². The molecule has 0 saturated heterocycles. The van der Waals surface area contributed by atoms with Crippen LogP contribution in [0.25, 0.3) is 0 Å². The number of carboxylic acid groups (broad SMARTS) is 1. The number of amides is 1. The lowest BCUT2D eigenvalue weighted by Crippen LogP contribution is -2.48. The quantitative estimate of drug-likeness (QED) is 0.816. The van der Waals surface area contributed by atoms with Crippen LogP contribution in [-0.2, 0) is 9.59 Å². The molecule has 2 saturated carbocycles. The second kappa shape index (κ2) is 5.65. The zero-order valence-electron chi connectivity index (χ0n) is 13.5. The van der Waals surface area contributed by atoms with E-state index in [4.69, 9.17) is 4.74 Å². The van der Waals surface area contributed by atoms with Gasteiger partial charge in [-0.1, -0.05) is 24.3 Å². The Hall–Kier alpha value is -2.30. The van der Waals surface area contributed by atoms with E-state index in [1.54, 1.807) is 12.1 Å². The largest absolute Gasteiger partial charge is 0.492 e. The summed E-state index contributed by atoms with van der Waals surface area (Å²) in [5.74, 6) is -0.609. The molecule has 5 rings (SSSR count). The number of benzene rings is 1. The fourth-order valence-electron chi connectivity index (χ4n) is 4.64. The zero-order chi connectivity index (χ0) is 16.8. The molecular weight excluding hydrogens is 306 g/mol. The maximum atomic E-state index is 12.9. The molecule has 4 aliphatic rings. The molecule has 0 heterocycles. The van der Waals surface area contributed by atoms with E-state index in [2.05, 4.69) is 11.4 Å². The molecule has 1 aromatic carbocycles. The first kappa shape index (κ1) is 15.2. The zero-order valence-corrected chi connectivity index (χ0v) is 13.5. The number of hydrogen-bond acceptors (Lipinski definition) is 3. The van der Waals surface area contributed by atoms with Gasteiger partial charge in [-0.25, -0.2) is 0 Å². The summed E-state index contributed by atoms with van der Waals surface area (Å²) in [7, 11) is 0. The first-order valence-electron chi connectivity index (χ1n) is 8.55. The van der Waals surface area contributed by atoms with E-state index in [9.17, 15) is 14.7 Å². The van der Waals surface area contributed by atoms with E-state index in [1.807, 2.05) is 25.1 Å². The fraction of sp³-hybridized carbons (Fsp3) is 0.474. The molecule has 0 radical (unpaired) electrons. The second-order valence-electron chi connectivity index (χ2n) is 6.91. The number of carbonyl (C=O) groups is 2. The number of ether oxygens (including phenoxy) is 1. The summed E-state index contributed by atoms with van der Waals surface area (Å²) in [6.45, 7) is 2.39. The number of hydrogen-bond donors (Lipinski definition) is 2. The number of aliphatic carboxylic acids is 1. The summed E-state index contributed by atoms with van der Waals surface area (Å²) >= 11 is 0. The Morgan fingerprint density at radius 3 is 2.50 bits per heavy atom. The highest BCUT2D eigenvalue weighted by Crippen LogP contribution is 2.63. The predicted octanol–water partition coefficient (Wildman–Crippen LogP) is 2.79. The van der Waals surface area contributed by atoms with Crippen molar-refractivity contribution in [1.29, 1.82) is 0 Å². The molecule has 0 aromatic heterocycles.